The van der Waals surface area contributed by atoms with Crippen molar-refractivity contribution in [2.45, 2.75) is 25.3 Å². The van der Waals surface area contributed by atoms with E-state index in [-0.39, 0.29) is 18.6 Å². The minimum absolute atomic E-state index is 0.0199. The number of nitrogen functional groups attached to an aromatic ring is 1. The predicted molar refractivity (Wildman–Crippen MR) is 91.4 cm³/mol. The van der Waals surface area contributed by atoms with Gasteiger partial charge in [0.2, 0.25) is 0 Å². The number of fused-ring (bicyclic) bond motifs is 1. The summed E-state index contributed by atoms with van der Waals surface area (Å²) in [6, 6.07) is 14.6. The Hall–Kier alpha value is -2.82. The molecule has 2 aromatic rings. The fraction of sp³-hybridized carbons (Fsp3) is 0.263. The van der Waals surface area contributed by atoms with E-state index in [2.05, 4.69) is 11.4 Å². The monoisotopic (exact) mass is 324 g/mol. The van der Waals surface area contributed by atoms with Crippen molar-refractivity contribution in [2.24, 2.45) is 0 Å². The standard InChI is InChI=1S/C19H20N2O3/c20-15-8-3-7-14(11-15)19(23)24-12-18(22)21-17-10-4-6-13-5-1-2-9-16(13)17/h1-3,5,7-9,11,17H,4,6,10,12,20H2,(H,21,22)/t17-/m1/s1. The zero-order valence-electron chi connectivity index (χ0n) is 13.3. The van der Waals surface area contributed by atoms with Crippen molar-refractivity contribution in [3.8, 4) is 0 Å². The van der Waals surface area contributed by atoms with Gasteiger partial charge in [0.1, 0.15) is 0 Å². The van der Waals surface area contributed by atoms with E-state index in [1.807, 2.05) is 18.2 Å². The van der Waals surface area contributed by atoms with Crippen molar-refractivity contribution in [1.29, 1.82) is 0 Å². The smallest absolute Gasteiger partial charge is 0.338 e. The summed E-state index contributed by atoms with van der Waals surface area (Å²) in [6.07, 6.45) is 2.96. The Morgan fingerprint density at radius 2 is 2.00 bits per heavy atom. The van der Waals surface area contributed by atoms with Crippen LogP contribution in [0.2, 0.25) is 0 Å². The molecule has 2 aromatic carbocycles. The van der Waals surface area contributed by atoms with Gasteiger partial charge in [0.05, 0.1) is 11.6 Å². The van der Waals surface area contributed by atoms with E-state index in [0.29, 0.717) is 11.3 Å². The van der Waals surface area contributed by atoms with Gasteiger partial charge in [0.25, 0.3) is 5.91 Å². The van der Waals surface area contributed by atoms with Crippen molar-refractivity contribution in [1.82, 2.24) is 5.32 Å². The molecule has 1 aliphatic rings. The van der Waals surface area contributed by atoms with Crippen LogP contribution < -0.4 is 11.1 Å². The van der Waals surface area contributed by atoms with Crippen LogP contribution in [0, 0.1) is 0 Å². The maximum Gasteiger partial charge on any atom is 0.338 e. The molecule has 5 nitrogen and oxygen atoms in total. The topological polar surface area (TPSA) is 81.4 Å². The molecule has 0 spiro atoms. The Kier molecular flexibility index (Phi) is 4.79. The molecule has 0 fully saturated rings. The molecular formula is C19H20N2O3. The summed E-state index contributed by atoms with van der Waals surface area (Å²) in [5.74, 6) is -0.851. The fourth-order valence-corrected chi connectivity index (χ4v) is 3.02. The fourth-order valence-electron chi connectivity index (χ4n) is 3.02. The van der Waals surface area contributed by atoms with Gasteiger partial charge in [-0.05, 0) is 48.6 Å². The lowest BCUT2D eigenvalue weighted by Crippen LogP contribution is -2.34. The van der Waals surface area contributed by atoms with Crippen LogP contribution in [0.3, 0.4) is 0 Å². The third-order valence-electron chi connectivity index (χ3n) is 4.16. The van der Waals surface area contributed by atoms with Crippen molar-refractivity contribution >= 4 is 17.6 Å². The molecule has 0 saturated carbocycles. The van der Waals surface area contributed by atoms with Gasteiger partial charge in [-0.15, -0.1) is 0 Å². The third-order valence-corrected chi connectivity index (χ3v) is 4.16. The summed E-state index contributed by atoms with van der Waals surface area (Å²) >= 11 is 0. The second-order valence-corrected chi connectivity index (χ2v) is 5.91. The van der Waals surface area contributed by atoms with E-state index >= 15 is 0 Å². The number of amides is 1. The number of aryl methyl sites for hydroxylation is 1. The predicted octanol–water partition coefficient (Wildman–Crippen LogP) is 2.62. The zero-order chi connectivity index (χ0) is 16.9. The second-order valence-electron chi connectivity index (χ2n) is 5.91. The summed E-state index contributed by atoms with van der Waals surface area (Å²) in [6.45, 7) is -0.299. The number of ether oxygens (including phenoxy) is 1. The van der Waals surface area contributed by atoms with Crippen LogP contribution in [0.1, 0.15) is 40.4 Å². The summed E-state index contributed by atoms with van der Waals surface area (Å²) in [7, 11) is 0. The maximum absolute atomic E-state index is 12.1. The molecule has 5 heteroatoms. The molecule has 0 radical (unpaired) electrons. The molecule has 0 unspecified atom stereocenters. The van der Waals surface area contributed by atoms with Crippen LogP contribution in [0.5, 0.6) is 0 Å². The molecule has 1 aliphatic carbocycles. The van der Waals surface area contributed by atoms with Gasteiger partial charge in [-0.3, -0.25) is 4.79 Å². The van der Waals surface area contributed by atoms with Crippen LogP contribution in [0.4, 0.5) is 5.69 Å². The largest absolute Gasteiger partial charge is 0.452 e. The van der Waals surface area contributed by atoms with Crippen molar-refractivity contribution in [3.05, 3.63) is 65.2 Å². The summed E-state index contributed by atoms with van der Waals surface area (Å²) in [4.78, 5) is 24.0. The number of hydrogen-bond donors (Lipinski definition) is 2. The number of esters is 1. The molecule has 124 valence electrons. The van der Waals surface area contributed by atoms with Gasteiger partial charge in [0, 0.05) is 5.69 Å². The quantitative estimate of drug-likeness (QED) is 0.669. The highest BCUT2D eigenvalue weighted by atomic mass is 16.5. The molecule has 0 bridgehead atoms. The van der Waals surface area contributed by atoms with Crippen LogP contribution in [0.15, 0.2) is 48.5 Å². The third kappa shape index (κ3) is 3.74. The molecule has 24 heavy (non-hydrogen) atoms. The number of carbonyl (C=O) groups excluding carboxylic acids is 2. The number of anilines is 1. The number of nitrogens with two attached hydrogens (primary N) is 1. The Balaban J connectivity index is 1.56. The first-order valence-corrected chi connectivity index (χ1v) is 8.03. The number of nitrogens with one attached hydrogen (secondary N) is 1. The van der Waals surface area contributed by atoms with Crippen molar-refractivity contribution in [2.75, 3.05) is 12.3 Å². The first-order valence-electron chi connectivity index (χ1n) is 8.03. The maximum atomic E-state index is 12.1. The lowest BCUT2D eigenvalue weighted by atomic mass is 9.88. The lowest BCUT2D eigenvalue weighted by Gasteiger charge is -2.26. The minimum Gasteiger partial charge on any atom is -0.452 e. The van der Waals surface area contributed by atoms with Gasteiger partial charge in [-0.1, -0.05) is 30.3 Å². The Labute approximate surface area is 140 Å². The van der Waals surface area contributed by atoms with E-state index in [1.165, 1.54) is 11.6 Å². The number of rotatable bonds is 4. The number of carbonyl (C=O) groups is 2. The first-order chi connectivity index (χ1) is 11.6. The Morgan fingerprint density at radius 3 is 2.83 bits per heavy atom. The van der Waals surface area contributed by atoms with E-state index in [0.717, 1.165) is 24.8 Å². The van der Waals surface area contributed by atoms with Crippen molar-refractivity contribution in [3.63, 3.8) is 0 Å². The first kappa shape index (κ1) is 16.1. The lowest BCUT2D eigenvalue weighted by molar-refractivity contribution is -0.125. The van der Waals surface area contributed by atoms with Gasteiger partial charge in [0.15, 0.2) is 6.61 Å². The molecule has 0 heterocycles. The van der Waals surface area contributed by atoms with E-state index in [9.17, 15) is 9.59 Å². The summed E-state index contributed by atoms with van der Waals surface area (Å²) in [5.41, 5.74) is 8.87. The Morgan fingerprint density at radius 1 is 1.17 bits per heavy atom. The highest BCUT2D eigenvalue weighted by molar-refractivity contribution is 5.92. The minimum atomic E-state index is -0.554. The SMILES string of the molecule is Nc1cccc(C(=O)OCC(=O)N[C@@H]2CCCc3ccccc32)c1. The van der Waals surface area contributed by atoms with E-state index in [4.69, 9.17) is 10.5 Å². The average molecular weight is 324 g/mol. The highest BCUT2D eigenvalue weighted by Gasteiger charge is 2.21. The van der Waals surface area contributed by atoms with Crippen molar-refractivity contribution < 1.29 is 14.3 Å². The number of hydrogen-bond acceptors (Lipinski definition) is 4. The van der Waals surface area contributed by atoms with Crippen LogP contribution >= 0.6 is 0 Å². The number of benzene rings is 2. The molecule has 3 rings (SSSR count). The van der Waals surface area contributed by atoms with E-state index < -0.39 is 5.97 Å². The van der Waals surface area contributed by atoms with Gasteiger partial charge < -0.3 is 15.8 Å². The highest BCUT2D eigenvalue weighted by Crippen LogP contribution is 2.29. The molecule has 0 saturated heterocycles. The Bertz CT molecular complexity index is 758. The zero-order valence-corrected chi connectivity index (χ0v) is 13.3. The second kappa shape index (κ2) is 7.17. The average Bonchev–Trinajstić information content (AvgIpc) is 2.60. The molecule has 0 aromatic heterocycles. The molecule has 1 amide bonds. The summed E-state index contributed by atoms with van der Waals surface area (Å²) in [5, 5.41) is 2.95. The van der Waals surface area contributed by atoms with Crippen LogP contribution in [-0.2, 0) is 16.0 Å². The van der Waals surface area contributed by atoms with E-state index in [1.54, 1.807) is 18.2 Å². The summed E-state index contributed by atoms with van der Waals surface area (Å²) < 4.78 is 5.07. The van der Waals surface area contributed by atoms with Gasteiger partial charge in [-0.2, -0.15) is 0 Å². The van der Waals surface area contributed by atoms with Crippen LogP contribution in [-0.4, -0.2) is 18.5 Å². The molecule has 1 atom stereocenters. The molecule has 3 N–H and O–H groups in total. The normalized spacial score (nSPS) is 16.1. The van der Waals surface area contributed by atoms with Gasteiger partial charge in [-0.25, -0.2) is 4.79 Å². The van der Waals surface area contributed by atoms with Crippen LogP contribution in [0.25, 0.3) is 0 Å². The molecule has 0 aliphatic heterocycles. The van der Waals surface area contributed by atoms with Gasteiger partial charge >= 0.3 is 5.97 Å². The molecular weight excluding hydrogens is 304 g/mol.